The van der Waals surface area contributed by atoms with Crippen molar-refractivity contribution in [2.75, 3.05) is 7.11 Å². The lowest BCUT2D eigenvalue weighted by Crippen LogP contribution is -2.16. The van der Waals surface area contributed by atoms with Gasteiger partial charge in [0.15, 0.2) is 5.82 Å². The van der Waals surface area contributed by atoms with E-state index in [1.165, 1.54) is 4.57 Å². The number of hydrogen-bond acceptors (Lipinski definition) is 3. The first kappa shape index (κ1) is 13.5. The lowest BCUT2D eigenvalue weighted by Gasteiger charge is -2.11. The minimum atomic E-state index is -0.352. The van der Waals surface area contributed by atoms with Crippen molar-refractivity contribution in [1.82, 2.24) is 14.8 Å². The monoisotopic (exact) mass is 301 g/mol. The van der Waals surface area contributed by atoms with Crippen molar-refractivity contribution in [1.29, 1.82) is 0 Å². The molecular weight excluding hydrogens is 290 g/mol. The van der Waals surface area contributed by atoms with E-state index in [0.29, 0.717) is 22.3 Å². The number of H-pyrrole nitrogens is 1. The number of hydrogen-bond donors (Lipinski definition) is 1. The van der Waals surface area contributed by atoms with Gasteiger partial charge in [0.05, 0.1) is 12.8 Å². The van der Waals surface area contributed by atoms with Crippen molar-refractivity contribution in [2.24, 2.45) is 0 Å². The van der Waals surface area contributed by atoms with Gasteiger partial charge in [0.2, 0.25) is 0 Å². The topological polar surface area (TPSA) is 59.9 Å². The molecule has 3 aromatic rings. The van der Waals surface area contributed by atoms with Gasteiger partial charge in [0.25, 0.3) is 0 Å². The predicted octanol–water partition coefficient (Wildman–Crippen LogP) is 2.89. The third kappa shape index (κ3) is 2.43. The molecule has 5 nitrogen and oxygen atoms in total. The van der Waals surface area contributed by atoms with Crippen LogP contribution in [-0.2, 0) is 0 Å². The predicted molar refractivity (Wildman–Crippen MR) is 81.2 cm³/mol. The first-order valence-corrected chi connectivity index (χ1v) is 6.65. The van der Waals surface area contributed by atoms with E-state index < -0.39 is 0 Å². The number of methoxy groups -OCH3 is 1. The largest absolute Gasteiger partial charge is 0.495 e. The fourth-order valence-corrected chi connectivity index (χ4v) is 2.31. The molecule has 106 valence electrons. The highest BCUT2D eigenvalue weighted by molar-refractivity contribution is 6.30. The number of halogens is 1. The summed E-state index contributed by atoms with van der Waals surface area (Å²) in [5.74, 6) is 1.04. The molecule has 3 rings (SSSR count). The maximum Gasteiger partial charge on any atom is 0.348 e. The van der Waals surface area contributed by atoms with Gasteiger partial charge in [-0.1, -0.05) is 41.9 Å². The summed E-state index contributed by atoms with van der Waals surface area (Å²) in [6.07, 6.45) is 0. The van der Waals surface area contributed by atoms with Crippen LogP contribution in [0.5, 0.6) is 5.75 Å². The maximum absolute atomic E-state index is 12.1. The second-order valence-corrected chi connectivity index (χ2v) is 4.81. The summed E-state index contributed by atoms with van der Waals surface area (Å²) in [4.78, 5) is 12.1. The maximum atomic E-state index is 12.1. The average Bonchev–Trinajstić information content (AvgIpc) is 2.89. The van der Waals surface area contributed by atoms with Crippen LogP contribution in [0.3, 0.4) is 0 Å². The molecular formula is C15H12ClN3O2. The number of nitrogens with one attached hydrogen (secondary N) is 1. The molecule has 0 aliphatic carbocycles. The Labute approximate surface area is 125 Å². The molecule has 0 unspecified atom stereocenters. The van der Waals surface area contributed by atoms with E-state index in [-0.39, 0.29) is 5.69 Å². The minimum absolute atomic E-state index is 0.352. The zero-order valence-corrected chi connectivity index (χ0v) is 12.0. The fraction of sp³-hybridized carbons (Fsp3) is 0.0667. The molecule has 0 fully saturated rings. The summed E-state index contributed by atoms with van der Waals surface area (Å²) in [6, 6.07) is 14.5. The average molecular weight is 302 g/mol. The number of aromatic nitrogens is 3. The van der Waals surface area contributed by atoms with E-state index in [1.54, 1.807) is 25.3 Å². The van der Waals surface area contributed by atoms with Crippen LogP contribution in [0.25, 0.3) is 17.1 Å². The SMILES string of the molecule is COc1ccc(Cl)cc1-n1c(-c2ccccc2)n[nH]c1=O. The Balaban J connectivity index is 2.27. The second kappa shape index (κ2) is 5.46. The Bertz CT molecular complexity index is 824. The van der Waals surface area contributed by atoms with E-state index >= 15 is 0 Å². The molecule has 0 bridgehead atoms. The number of ether oxygens (including phenoxy) is 1. The van der Waals surface area contributed by atoms with Crippen molar-refractivity contribution in [2.45, 2.75) is 0 Å². The summed E-state index contributed by atoms with van der Waals surface area (Å²) in [6.45, 7) is 0. The summed E-state index contributed by atoms with van der Waals surface area (Å²) in [7, 11) is 1.54. The second-order valence-electron chi connectivity index (χ2n) is 4.37. The van der Waals surface area contributed by atoms with Gasteiger partial charge in [-0.2, -0.15) is 5.10 Å². The molecule has 1 N–H and O–H groups in total. The molecule has 0 aliphatic heterocycles. The first-order chi connectivity index (χ1) is 10.2. The number of aromatic amines is 1. The lowest BCUT2D eigenvalue weighted by molar-refractivity contribution is 0.412. The Morgan fingerprint density at radius 1 is 1.19 bits per heavy atom. The molecule has 0 amide bonds. The molecule has 1 heterocycles. The highest BCUT2D eigenvalue weighted by atomic mass is 35.5. The molecule has 21 heavy (non-hydrogen) atoms. The van der Waals surface area contributed by atoms with Crippen molar-refractivity contribution < 1.29 is 4.74 Å². The number of benzene rings is 2. The third-order valence-corrected chi connectivity index (χ3v) is 3.32. The Hall–Kier alpha value is -2.53. The Kier molecular flexibility index (Phi) is 3.50. The van der Waals surface area contributed by atoms with Crippen LogP contribution >= 0.6 is 11.6 Å². The third-order valence-electron chi connectivity index (χ3n) is 3.09. The molecule has 0 aliphatic rings. The van der Waals surface area contributed by atoms with Gasteiger partial charge in [-0.15, -0.1) is 0 Å². The van der Waals surface area contributed by atoms with Crippen molar-refractivity contribution in [3.63, 3.8) is 0 Å². The molecule has 0 saturated heterocycles. The normalized spacial score (nSPS) is 10.6. The van der Waals surface area contributed by atoms with Crippen LogP contribution in [-0.4, -0.2) is 21.9 Å². The van der Waals surface area contributed by atoms with Crippen molar-refractivity contribution in [3.8, 4) is 22.8 Å². The van der Waals surface area contributed by atoms with Crippen LogP contribution in [0.1, 0.15) is 0 Å². The summed E-state index contributed by atoms with van der Waals surface area (Å²) in [5.41, 5.74) is 1.01. The summed E-state index contributed by atoms with van der Waals surface area (Å²) in [5, 5.41) is 7.07. The Morgan fingerprint density at radius 2 is 1.95 bits per heavy atom. The van der Waals surface area contributed by atoms with E-state index in [1.807, 2.05) is 30.3 Å². The molecule has 6 heteroatoms. The van der Waals surface area contributed by atoms with Crippen LogP contribution in [0, 0.1) is 0 Å². The van der Waals surface area contributed by atoms with Gasteiger partial charge in [-0.05, 0) is 18.2 Å². The van der Waals surface area contributed by atoms with Crippen LogP contribution < -0.4 is 10.4 Å². The number of rotatable bonds is 3. The van der Waals surface area contributed by atoms with Gasteiger partial charge in [-0.25, -0.2) is 14.5 Å². The molecule has 0 spiro atoms. The van der Waals surface area contributed by atoms with Crippen molar-refractivity contribution in [3.05, 3.63) is 64.0 Å². The quantitative estimate of drug-likeness (QED) is 0.809. The van der Waals surface area contributed by atoms with Crippen molar-refractivity contribution >= 4 is 11.6 Å². The highest BCUT2D eigenvalue weighted by Gasteiger charge is 2.16. The van der Waals surface area contributed by atoms with E-state index in [0.717, 1.165) is 5.56 Å². The summed E-state index contributed by atoms with van der Waals surface area (Å²) < 4.78 is 6.75. The highest BCUT2D eigenvalue weighted by Crippen LogP contribution is 2.28. The van der Waals surface area contributed by atoms with Crippen LogP contribution in [0.2, 0.25) is 5.02 Å². The Morgan fingerprint density at radius 3 is 2.67 bits per heavy atom. The first-order valence-electron chi connectivity index (χ1n) is 6.27. The molecule has 0 atom stereocenters. The van der Waals surface area contributed by atoms with Crippen LogP contribution in [0.4, 0.5) is 0 Å². The van der Waals surface area contributed by atoms with Gasteiger partial charge >= 0.3 is 5.69 Å². The standard InChI is InChI=1S/C15H12ClN3O2/c1-21-13-8-7-11(16)9-12(13)19-14(17-18-15(19)20)10-5-3-2-4-6-10/h2-9H,1H3,(H,18,20). The zero-order valence-electron chi connectivity index (χ0n) is 11.2. The number of nitrogens with zero attached hydrogens (tertiary/aromatic N) is 2. The molecule has 0 radical (unpaired) electrons. The van der Waals surface area contributed by atoms with E-state index in [9.17, 15) is 4.79 Å². The van der Waals surface area contributed by atoms with Gasteiger partial charge < -0.3 is 4.74 Å². The minimum Gasteiger partial charge on any atom is -0.495 e. The van der Waals surface area contributed by atoms with E-state index in [2.05, 4.69) is 10.2 Å². The van der Waals surface area contributed by atoms with Gasteiger partial charge in [0, 0.05) is 10.6 Å². The molecule has 0 saturated carbocycles. The van der Waals surface area contributed by atoms with Crippen LogP contribution in [0.15, 0.2) is 53.3 Å². The molecule has 1 aromatic heterocycles. The molecule has 2 aromatic carbocycles. The summed E-state index contributed by atoms with van der Waals surface area (Å²) >= 11 is 6.04. The fourth-order valence-electron chi connectivity index (χ4n) is 2.14. The lowest BCUT2D eigenvalue weighted by atomic mass is 10.2. The van der Waals surface area contributed by atoms with E-state index in [4.69, 9.17) is 16.3 Å². The van der Waals surface area contributed by atoms with Gasteiger partial charge in [0.1, 0.15) is 5.75 Å². The smallest absolute Gasteiger partial charge is 0.348 e. The van der Waals surface area contributed by atoms with Gasteiger partial charge in [-0.3, -0.25) is 0 Å². The zero-order chi connectivity index (χ0) is 14.8.